The molecule has 2 aromatic heterocycles. The molecule has 0 aliphatic carbocycles. The minimum atomic E-state index is -0.259. The fourth-order valence-electron chi connectivity index (χ4n) is 3.35. The Labute approximate surface area is 149 Å². The van der Waals surface area contributed by atoms with E-state index in [0.717, 1.165) is 35.6 Å². The second kappa shape index (κ2) is 6.57. The summed E-state index contributed by atoms with van der Waals surface area (Å²) in [6.07, 6.45) is 2.10. The molecule has 1 aliphatic rings. The Morgan fingerprint density at radius 3 is 3.04 bits per heavy atom. The van der Waals surface area contributed by atoms with E-state index < -0.39 is 0 Å². The Bertz CT molecular complexity index is 870. The van der Waals surface area contributed by atoms with E-state index in [4.69, 9.17) is 9.51 Å². The van der Waals surface area contributed by atoms with Crippen LogP contribution in [-0.4, -0.2) is 33.5 Å². The van der Waals surface area contributed by atoms with Crippen LogP contribution in [0.4, 0.5) is 5.88 Å². The molecule has 1 aromatic carbocycles. The van der Waals surface area contributed by atoms with Crippen LogP contribution in [0.3, 0.4) is 0 Å². The summed E-state index contributed by atoms with van der Waals surface area (Å²) in [7, 11) is 0. The first-order valence-corrected chi connectivity index (χ1v) is 9.29. The number of benzene rings is 1. The Balaban J connectivity index is 1.52. The van der Waals surface area contributed by atoms with Crippen molar-refractivity contribution in [1.82, 2.24) is 15.0 Å². The van der Waals surface area contributed by atoms with Crippen LogP contribution in [0.1, 0.15) is 36.5 Å². The Hall–Kier alpha value is -2.25. The summed E-state index contributed by atoms with van der Waals surface area (Å²) >= 11 is 1.72. The van der Waals surface area contributed by atoms with Crippen molar-refractivity contribution in [3.8, 4) is 0 Å². The number of anilines is 1. The lowest BCUT2D eigenvalue weighted by molar-refractivity contribution is -0.121. The van der Waals surface area contributed by atoms with Crippen LogP contribution in [0.5, 0.6) is 0 Å². The summed E-state index contributed by atoms with van der Waals surface area (Å²) < 4.78 is 6.28. The quantitative estimate of drug-likeness (QED) is 0.771. The minimum Gasteiger partial charge on any atom is -0.338 e. The number of para-hydroxylation sites is 1. The first-order valence-electron chi connectivity index (χ1n) is 8.47. The summed E-state index contributed by atoms with van der Waals surface area (Å²) in [5.41, 5.74) is 1.78. The molecule has 1 N–H and O–H groups in total. The number of likely N-dealkylation sites (tertiary alicyclic amines) is 1. The highest BCUT2D eigenvalue weighted by Crippen LogP contribution is 2.37. The van der Waals surface area contributed by atoms with Gasteiger partial charge in [-0.05, 0) is 45.4 Å². The number of hydrogen-bond acceptors (Lipinski definition) is 6. The number of hydrogen-bond donors (Lipinski definition) is 1. The minimum absolute atomic E-state index is 0.0795. The number of fused-ring (bicyclic) bond motifs is 1. The first-order chi connectivity index (χ1) is 12.1. The molecular weight excluding hydrogens is 336 g/mol. The fourth-order valence-corrected chi connectivity index (χ4v) is 4.47. The van der Waals surface area contributed by atoms with E-state index in [2.05, 4.69) is 21.4 Å². The molecule has 1 saturated heterocycles. The number of aryl methyl sites for hydroxylation is 1. The van der Waals surface area contributed by atoms with Crippen LogP contribution in [0.15, 0.2) is 34.9 Å². The molecule has 130 valence electrons. The van der Waals surface area contributed by atoms with Crippen molar-refractivity contribution in [3.05, 3.63) is 41.0 Å². The van der Waals surface area contributed by atoms with E-state index >= 15 is 0 Å². The molecule has 6 nitrogen and oxygen atoms in total. The largest absolute Gasteiger partial charge is 0.338 e. The smallest absolute Gasteiger partial charge is 0.243 e. The fraction of sp³-hybridized carbons (Fsp3) is 0.389. The van der Waals surface area contributed by atoms with Crippen LogP contribution in [0.25, 0.3) is 10.2 Å². The summed E-state index contributed by atoms with van der Waals surface area (Å²) in [5.74, 6) is 0.314. The van der Waals surface area contributed by atoms with E-state index in [1.807, 2.05) is 32.0 Å². The van der Waals surface area contributed by atoms with Crippen LogP contribution in [0, 0.1) is 6.92 Å². The summed E-state index contributed by atoms with van der Waals surface area (Å²) in [6.45, 7) is 4.65. The summed E-state index contributed by atoms with van der Waals surface area (Å²) in [4.78, 5) is 19.6. The predicted octanol–water partition coefficient (Wildman–Crippen LogP) is 3.76. The molecular formula is C18H20N4O2S. The third kappa shape index (κ3) is 3.17. The van der Waals surface area contributed by atoms with Gasteiger partial charge >= 0.3 is 0 Å². The maximum absolute atomic E-state index is 12.6. The summed E-state index contributed by atoms with van der Waals surface area (Å²) in [6, 6.07) is 9.83. The Morgan fingerprint density at radius 1 is 1.44 bits per heavy atom. The topological polar surface area (TPSA) is 71.3 Å². The highest BCUT2D eigenvalue weighted by molar-refractivity contribution is 7.18. The second-order valence-electron chi connectivity index (χ2n) is 6.41. The third-order valence-electron chi connectivity index (χ3n) is 4.64. The number of carbonyl (C=O) groups is 1. The number of thiazole rings is 1. The molecule has 4 rings (SSSR count). The van der Waals surface area contributed by atoms with Crippen LogP contribution >= 0.6 is 11.3 Å². The zero-order valence-corrected chi connectivity index (χ0v) is 15.0. The van der Waals surface area contributed by atoms with Crippen molar-refractivity contribution in [1.29, 1.82) is 0 Å². The maximum atomic E-state index is 12.6. The van der Waals surface area contributed by atoms with Gasteiger partial charge in [0.2, 0.25) is 11.8 Å². The van der Waals surface area contributed by atoms with Crippen molar-refractivity contribution in [2.45, 2.75) is 38.8 Å². The molecule has 1 amide bonds. The molecule has 25 heavy (non-hydrogen) atoms. The van der Waals surface area contributed by atoms with Gasteiger partial charge in [-0.2, -0.15) is 0 Å². The second-order valence-corrected chi connectivity index (χ2v) is 7.48. The van der Waals surface area contributed by atoms with E-state index in [-0.39, 0.29) is 18.0 Å². The number of amides is 1. The van der Waals surface area contributed by atoms with Crippen molar-refractivity contribution >= 4 is 33.3 Å². The lowest BCUT2D eigenvalue weighted by Gasteiger charge is -2.28. The van der Waals surface area contributed by atoms with Gasteiger partial charge in [0.1, 0.15) is 5.01 Å². The van der Waals surface area contributed by atoms with Crippen molar-refractivity contribution in [2.24, 2.45) is 0 Å². The monoisotopic (exact) mass is 356 g/mol. The van der Waals surface area contributed by atoms with Crippen LogP contribution in [-0.2, 0) is 4.79 Å². The van der Waals surface area contributed by atoms with Crippen molar-refractivity contribution in [2.75, 3.05) is 11.9 Å². The van der Waals surface area contributed by atoms with Gasteiger partial charge in [0.25, 0.3) is 0 Å². The standard InChI is InChI=1S/C18H20N4O2S/c1-11-10-16(24-21-11)20-17(23)12(2)22-9-5-7-14(22)18-19-13-6-3-4-8-15(13)25-18/h3-4,6,8,10,12,14H,5,7,9H2,1-2H3,(H,20,23). The van der Waals surface area contributed by atoms with Crippen molar-refractivity contribution in [3.63, 3.8) is 0 Å². The van der Waals surface area contributed by atoms with Gasteiger partial charge in [0.05, 0.1) is 28.0 Å². The van der Waals surface area contributed by atoms with E-state index in [1.165, 1.54) is 4.70 Å². The highest BCUT2D eigenvalue weighted by atomic mass is 32.1. The summed E-state index contributed by atoms with van der Waals surface area (Å²) in [5, 5.41) is 7.70. The number of carbonyl (C=O) groups excluding carboxylic acids is 1. The van der Waals surface area contributed by atoms with Crippen molar-refractivity contribution < 1.29 is 9.32 Å². The molecule has 2 atom stereocenters. The molecule has 2 unspecified atom stereocenters. The maximum Gasteiger partial charge on any atom is 0.243 e. The Morgan fingerprint density at radius 2 is 2.28 bits per heavy atom. The van der Waals surface area contributed by atoms with E-state index in [1.54, 1.807) is 17.4 Å². The average Bonchev–Trinajstić information content (AvgIpc) is 3.32. The normalized spacial score (nSPS) is 19.4. The number of nitrogens with zero attached hydrogens (tertiary/aromatic N) is 3. The van der Waals surface area contributed by atoms with Gasteiger partial charge in [0, 0.05) is 6.07 Å². The van der Waals surface area contributed by atoms with E-state index in [9.17, 15) is 4.79 Å². The molecule has 7 heteroatoms. The Kier molecular flexibility index (Phi) is 4.27. The first kappa shape index (κ1) is 16.2. The molecule has 0 saturated carbocycles. The van der Waals surface area contributed by atoms with Gasteiger partial charge in [-0.15, -0.1) is 11.3 Å². The number of rotatable bonds is 4. The molecule has 0 radical (unpaired) electrons. The van der Waals surface area contributed by atoms with Gasteiger partial charge < -0.3 is 4.52 Å². The zero-order valence-electron chi connectivity index (χ0n) is 14.2. The zero-order chi connectivity index (χ0) is 17.4. The van der Waals surface area contributed by atoms with Gasteiger partial charge in [0.15, 0.2) is 0 Å². The predicted molar refractivity (Wildman–Crippen MR) is 97.6 cm³/mol. The number of aromatic nitrogens is 2. The lowest BCUT2D eigenvalue weighted by Crippen LogP contribution is -2.41. The SMILES string of the molecule is Cc1cc(NC(=O)C(C)N2CCCC2c2nc3ccccc3s2)on1. The van der Waals surface area contributed by atoms with Crippen LogP contribution < -0.4 is 5.32 Å². The molecule has 3 aromatic rings. The van der Waals surface area contributed by atoms with Crippen LogP contribution in [0.2, 0.25) is 0 Å². The highest BCUT2D eigenvalue weighted by Gasteiger charge is 2.35. The molecule has 0 spiro atoms. The molecule has 1 aliphatic heterocycles. The van der Waals surface area contributed by atoms with E-state index in [0.29, 0.717) is 5.88 Å². The van der Waals surface area contributed by atoms with Gasteiger partial charge in [-0.1, -0.05) is 17.3 Å². The lowest BCUT2D eigenvalue weighted by atomic mass is 10.2. The molecule has 1 fully saturated rings. The van der Waals surface area contributed by atoms with Gasteiger partial charge in [-0.3, -0.25) is 15.0 Å². The van der Waals surface area contributed by atoms with Gasteiger partial charge in [-0.25, -0.2) is 4.98 Å². The molecule has 3 heterocycles. The molecule has 0 bridgehead atoms. The average molecular weight is 356 g/mol. The third-order valence-corrected chi connectivity index (χ3v) is 5.78. The number of nitrogens with one attached hydrogen (secondary N) is 1.